The minimum absolute atomic E-state index is 0.00471. The Morgan fingerprint density at radius 2 is 1.89 bits per heavy atom. The average molecular weight is 527 g/mol. The third-order valence-electron chi connectivity index (χ3n) is 8.51. The van der Waals surface area contributed by atoms with E-state index >= 15 is 0 Å². The van der Waals surface area contributed by atoms with Crippen molar-refractivity contribution in [2.45, 2.75) is 71.0 Å². The van der Waals surface area contributed by atoms with Crippen LogP contribution in [0, 0.1) is 19.8 Å². The molecule has 2 N–H and O–H groups in total. The molecule has 7 nitrogen and oxygen atoms in total. The number of likely N-dealkylation sites (tertiary alicyclic amines) is 1. The molecule has 1 aliphatic heterocycles. The second kappa shape index (κ2) is 10.2. The summed E-state index contributed by atoms with van der Waals surface area (Å²) in [6.45, 7) is 7.64. The zero-order chi connectivity index (χ0) is 27.2. The van der Waals surface area contributed by atoms with E-state index in [0.29, 0.717) is 28.5 Å². The smallest absolute Gasteiger partial charge is 0.256 e. The zero-order valence-corrected chi connectivity index (χ0v) is 22.4. The number of pyridine rings is 1. The first kappa shape index (κ1) is 26.4. The van der Waals surface area contributed by atoms with Crippen LogP contribution in [-0.4, -0.2) is 52.5 Å². The molecule has 1 aliphatic carbocycles. The van der Waals surface area contributed by atoms with Gasteiger partial charge >= 0.3 is 0 Å². The minimum Gasteiger partial charge on any atom is -0.496 e. The number of carbonyl (C=O) groups is 1. The molecule has 1 aromatic carbocycles. The van der Waals surface area contributed by atoms with Gasteiger partial charge in [-0.05, 0) is 64.8 Å². The minimum atomic E-state index is -2.49. The van der Waals surface area contributed by atoms with Gasteiger partial charge in [0.25, 0.3) is 17.4 Å². The monoisotopic (exact) mass is 526 g/mol. The Labute approximate surface area is 221 Å². The third kappa shape index (κ3) is 4.84. The molecule has 3 heterocycles. The number of nitrogens with zero attached hydrogens (tertiary/aromatic N) is 2. The molecular formula is C29H36F2N4O3. The lowest BCUT2D eigenvalue weighted by Gasteiger charge is -2.46. The molecule has 204 valence electrons. The quantitative estimate of drug-likeness (QED) is 0.456. The first-order valence-corrected chi connectivity index (χ1v) is 13.4. The fraction of sp³-hybridized carbons (Fsp3) is 0.517. The third-order valence-corrected chi connectivity index (χ3v) is 8.51. The number of benzene rings is 1. The molecule has 0 spiro atoms. The number of fused-ring (bicyclic) bond motifs is 1. The standard InChI is InChI=1S/C29H36F2N4O3/c1-17-13-25(38-4)23(27(36)33-17)16-32-28(37)26-19(3)35(24-8-6-5-7-22(24)26)18(2)20-9-11-34(12-10-20)21-14-29(30,31)15-21/h5-8,13,18,20-21H,9-12,14-16H2,1-4H3,(H,32,37)(H,33,36). The van der Waals surface area contributed by atoms with Crippen LogP contribution < -0.4 is 15.6 Å². The Hall–Kier alpha value is -3.20. The highest BCUT2D eigenvalue weighted by Gasteiger charge is 2.48. The fourth-order valence-corrected chi connectivity index (χ4v) is 6.36. The molecule has 0 bridgehead atoms. The summed E-state index contributed by atoms with van der Waals surface area (Å²) in [6.07, 6.45) is 1.83. The molecule has 1 unspecified atom stereocenters. The van der Waals surface area contributed by atoms with E-state index in [1.165, 1.54) is 7.11 Å². The van der Waals surface area contributed by atoms with Crippen LogP contribution in [0.25, 0.3) is 10.9 Å². The Bertz CT molecular complexity index is 1400. The second-order valence-corrected chi connectivity index (χ2v) is 10.9. The number of para-hydroxylation sites is 1. The number of aromatic nitrogens is 2. The number of rotatable bonds is 7. The molecule has 9 heteroatoms. The maximum Gasteiger partial charge on any atom is 0.256 e. The molecular weight excluding hydrogens is 490 g/mol. The Morgan fingerprint density at radius 1 is 1.21 bits per heavy atom. The molecule has 2 aromatic heterocycles. The first-order chi connectivity index (χ1) is 18.1. The SMILES string of the molecule is COc1cc(C)[nH]c(=O)c1CNC(=O)c1c(C)n(C(C)C2CCN(C3CC(F)(F)C3)CC2)c2ccccc12. The fourth-order valence-electron chi connectivity index (χ4n) is 6.36. The second-order valence-electron chi connectivity index (χ2n) is 10.9. The van der Waals surface area contributed by atoms with E-state index in [4.69, 9.17) is 4.74 Å². The number of hydrogen-bond acceptors (Lipinski definition) is 4. The van der Waals surface area contributed by atoms with Gasteiger partial charge in [0.15, 0.2) is 0 Å². The van der Waals surface area contributed by atoms with Crippen LogP contribution in [-0.2, 0) is 6.54 Å². The highest BCUT2D eigenvalue weighted by Crippen LogP contribution is 2.43. The number of methoxy groups -OCH3 is 1. The van der Waals surface area contributed by atoms with E-state index in [-0.39, 0.29) is 42.9 Å². The summed E-state index contributed by atoms with van der Waals surface area (Å²) in [6, 6.07) is 9.78. The number of carbonyl (C=O) groups excluding carboxylic acids is 1. The summed E-state index contributed by atoms with van der Waals surface area (Å²) >= 11 is 0. The van der Waals surface area contributed by atoms with Crippen molar-refractivity contribution in [3.05, 3.63) is 63.2 Å². The van der Waals surface area contributed by atoms with E-state index in [0.717, 1.165) is 42.5 Å². The number of ether oxygens (including phenoxy) is 1. The topological polar surface area (TPSA) is 79.4 Å². The van der Waals surface area contributed by atoms with Gasteiger partial charge in [-0.15, -0.1) is 0 Å². The summed E-state index contributed by atoms with van der Waals surface area (Å²) in [7, 11) is 1.50. The molecule has 2 aliphatic rings. The number of hydrogen-bond donors (Lipinski definition) is 2. The summed E-state index contributed by atoms with van der Waals surface area (Å²) in [4.78, 5) is 31.0. The Balaban J connectivity index is 1.35. The largest absolute Gasteiger partial charge is 0.496 e. The molecule has 2 fully saturated rings. The lowest BCUT2D eigenvalue weighted by Crippen LogP contribution is -2.53. The van der Waals surface area contributed by atoms with E-state index in [2.05, 4.69) is 26.7 Å². The maximum atomic E-state index is 13.5. The lowest BCUT2D eigenvalue weighted by molar-refractivity contribution is -0.129. The van der Waals surface area contributed by atoms with Gasteiger partial charge in [0, 0.05) is 47.2 Å². The summed E-state index contributed by atoms with van der Waals surface area (Å²) in [5.41, 5.74) is 3.25. The van der Waals surface area contributed by atoms with Crippen LogP contribution in [0.3, 0.4) is 0 Å². The van der Waals surface area contributed by atoms with Gasteiger partial charge in [0.1, 0.15) is 5.75 Å². The van der Waals surface area contributed by atoms with E-state index in [9.17, 15) is 18.4 Å². The van der Waals surface area contributed by atoms with Crippen LogP contribution in [0.5, 0.6) is 5.75 Å². The van der Waals surface area contributed by atoms with Crippen molar-refractivity contribution in [2.24, 2.45) is 5.92 Å². The number of nitrogens with one attached hydrogen (secondary N) is 2. The van der Waals surface area contributed by atoms with Crippen molar-refractivity contribution in [3.63, 3.8) is 0 Å². The molecule has 1 saturated heterocycles. The van der Waals surface area contributed by atoms with Gasteiger partial charge in [0.05, 0.1) is 24.8 Å². The van der Waals surface area contributed by atoms with Crippen molar-refractivity contribution in [1.29, 1.82) is 0 Å². The highest BCUT2D eigenvalue weighted by molar-refractivity contribution is 6.08. The van der Waals surface area contributed by atoms with Crippen LogP contribution >= 0.6 is 0 Å². The van der Waals surface area contributed by atoms with Crippen molar-refractivity contribution in [1.82, 2.24) is 19.8 Å². The number of alkyl halides is 2. The number of H-pyrrole nitrogens is 1. The predicted octanol–water partition coefficient (Wildman–Crippen LogP) is 4.96. The number of aryl methyl sites for hydroxylation is 1. The highest BCUT2D eigenvalue weighted by atomic mass is 19.3. The van der Waals surface area contributed by atoms with Gasteiger partial charge < -0.3 is 19.6 Å². The number of piperidine rings is 1. The van der Waals surface area contributed by atoms with Gasteiger partial charge in [-0.1, -0.05) is 18.2 Å². The first-order valence-electron chi connectivity index (χ1n) is 13.4. The van der Waals surface area contributed by atoms with E-state index in [1.54, 1.807) is 13.0 Å². The van der Waals surface area contributed by atoms with E-state index < -0.39 is 5.92 Å². The van der Waals surface area contributed by atoms with Gasteiger partial charge in [-0.25, -0.2) is 8.78 Å². The van der Waals surface area contributed by atoms with Crippen LogP contribution in [0.2, 0.25) is 0 Å². The lowest BCUT2D eigenvalue weighted by atomic mass is 9.83. The Kier molecular flexibility index (Phi) is 7.07. The zero-order valence-electron chi connectivity index (χ0n) is 22.4. The summed E-state index contributed by atoms with van der Waals surface area (Å²) in [5.74, 6) is -1.92. The summed E-state index contributed by atoms with van der Waals surface area (Å²) in [5, 5.41) is 3.80. The van der Waals surface area contributed by atoms with Crippen molar-refractivity contribution in [2.75, 3.05) is 20.2 Å². The van der Waals surface area contributed by atoms with Gasteiger partial charge in [-0.2, -0.15) is 0 Å². The average Bonchev–Trinajstić information content (AvgIpc) is 3.17. The van der Waals surface area contributed by atoms with Gasteiger partial charge in [-0.3, -0.25) is 14.5 Å². The predicted molar refractivity (Wildman–Crippen MR) is 143 cm³/mol. The number of aromatic amines is 1. The molecule has 3 aromatic rings. The van der Waals surface area contributed by atoms with Crippen LogP contribution in [0.15, 0.2) is 35.1 Å². The molecule has 1 atom stereocenters. The molecule has 1 amide bonds. The van der Waals surface area contributed by atoms with E-state index in [1.807, 2.05) is 31.2 Å². The van der Waals surface area contributed by atoms with Gasteiger partial charge in [0.2, 0.25) is 0 Å². The van der Waals surface area contributed by atoms with Crippen molar-refractivity contribution >= 4 is 16.8 Å². The summed E-state index contributed by atoms with van der Waals surface area (Å²) < 4.78 is 34.4. The van der Waals surface area contributed by atoms with Crippen LogP contribution in [0.4, 0.5) is 8.78 Å². The van der Waals surface area contributed by atoms with Crippen molar-refractivity contribution < 1.29 is 18.3 Å². The number of halogens is 2. The molecule has 1 saturated carbocycles. The normalized spacial score (nSPS) is 19.3. The molecule has 5 rings (SSSR count). The molecule has 38 heavy (non-hydrogen) atoms. The van der Waals surface area contributed by atoms with Crippen molar-refractivity contribution in [3.8, 4) is 5.75 Å². The molecule has 0 radical (unpaired) electrons. The maximum absolute atomic E-state index is 13.5. The van der Waals surface area contributed by atoms with Crippen LogP contribution in [0.1, 0.15) is 66.0 Å². The number of amides is 1. The Morgan fingerprint density at radius 3 is 2.55 bits per heavy atom.